The molecule has 1 aromatic carbocycles. The number of hydrogen-bond donors (Lipinski definition) is 0. The van der Waals surface area contributed by atoms with Crippen molar-refractivity contribution in [2.45, 2.75) is 13.3 Å². The quantitative estimate of drug-likeness (QED) is 0.757. The van der Waals surface area contributed by atoms with Gasteiger partial charge in [0.2, 0.25) is 5.91 Å². The van der Waals surface area contributed by atoms with Crippen molar-refractivity contribution in [3.05, 3.63) is 39.8 Å². The van der Waals surface area contributed by atoms with Crippen LogP contribution in [-0.4, -0.2) is 12.5 Å². The molecular formula is C13H13BrClNO. The van der Waals surface area contributed by atoms with E-state index in [1.54, 1.807) is 4.90 Å². The Morgan fingerprint density at radius 2 is 2.29 bits per heavy atom. The van der Waals surface area contributed by atoms with E-state index in [0.717, 1.165) is 15.7 Å². The zero-order chi connectivity index (χ0) is 12.6. The van der Waals surface area contributed by atoms with Crippen molar-refractivity contribution in [1.82, 2.24) is 0 Å². The monoisotopic (exact) mass is 313 g/mol. The van der Waals surface area contributed by atoms with Gasteiger partial charge in [-0.2, -0.15) is 0 Å². The van der Waals surface area contributed by atoms with Gasteiger partial charge in [0.1, 0.15) is 0 Å². The summed E-state index contributed by atoms with van der Waals surface area (Å²) in [5, 5.41) is 0.679. The summed E-state index contributed by atoms with van der Waals surface area (Å²) in [5.41, 5.74) is 1.84. The lowest BCUT2D eigenvalue weighted by Gasteiger charge is -2.19. The van der Waals surface area contributed by atoms with Gasteiger partial charge in [0.05, 0.1) is 5.69 Å². The van der Waals surface area contributed by atoms with E-state index in [4.69, 9.17) is 11.6 Å². The molecule has 1 fully saturated rings. The lowest BCUT2D eigenvalue weighted by Crippen LogP contribution is -2.24. The van der Waals surface area contributed by atoms with E-state index >= 15 is 0 Å². The average molecular weight is 315 g/mol. The van der Waals surface area contributed by atoms with Gasteiger partial charge in [0.25, 0.3) is 0 Å². The van der Waals surface area contributed by atoms with Gasteiger partial charge in [-0.1, -0.05) is 17.7 Å². The van der Waals surface area contributed by atoms with E-state index in [9.17, 15) is 4.79 Å². The third-order valence-electron chi connectivity index (χ3n) is 3.01. The van der Waals surface area contributed by atoms with Crippen LogP contribution < -0.4 is 4.90 Å². The SMILES string of the molecule is C=CC1CC(=O)N(c2cc(Cl)c(C)cc2Br)C1. The van der Waals surface area contributed by atoms with Gasteiger partial charge in [-0.05, 0) is 40.5 Å². The highest BCUT2D eigenvalue weighted by Gasteiger charge is 2.30. The summed E-state index contributed by atoms with van der Waals surface area (Å²) in [6.07, 6.45) is 2.36. The zero-order valence-corrected chi connectivity index (χ0v) is 11.9. The minimum absolute atomic E-state index is 0.121. The number of amides is 1. The summed E-state index contributed by atoms with van der Waals surface area (Å²) in [5.74, 6) is 0.352. The van der Waals surface area contributed by atoms with Crippen molar-refractivity contribution in [3.63, 3.8) is 0 Å². The molecule has 1 aliphatic rings. The van der Waals surface area contributed by atoms with E-state index in [2.05, 4.69) is 22.5 Å². The third-order valence-corrected chi connectivity index (χ3v) is 4.05. The molecule has 90 valence electrons. The van der Waals surface area contributed by atoms with Gasteiger partial charge < -0.3 is 4.90 Å². The van der Waals surface area contributed by atoms with Crippen molar-refractivity contribution in [2.75, 3.05) is 11.4 Å². The van der Waals surface area contributed by atoms with Crippen molar-refractivity contribution >= 4 is 39.1 Å². The second kappa shape index (κ2) is 4.83. The predicted molar refractivity (Wildman–Crippen MR) is 74.5 cm³/mol. The molecule has 2 nitrogen and oxygen atoms in total. The summed E-state index contributed by atoms with van der Waals surface area (Å²) in [6.45, 7) is 6.36. The highest BCUT2D eigenvalue weighted by atomic mass is 79.9. The van der Waals surface area contributed by atoms with E-state index in [1.165, 1.54) is 0 Å². The topological polar surface area (TPSA) is 20.3 Å². The number of nitrogens with zero attached hydrogens (tertiary/aromatic N) is 1. The van der Waals surface area contributed by atoms with Crippen LogP contribution in [0.5, 0.6) is 0 Å². The Morgan fingerprint density at radius 1 is 1.59 bits per heavy atom. The Morgan fingerprint density at radius 3 is 2.88 bits per heavy atom. The highest BCUT2D eigenvalue weighted by molar-refractivity contribution is 9.10. The van der Waals surface area contributed by atoms with Crippen LogP contribution in [0.2, 0.25) is 5.02 Å². The van der Waals surface area contributed by atoms with Gasteiger partial charge in [-0.3, -0.25) is 4.79 Å². The Bertz CT molecular complexity index is 487. The van der Waals surface area contributed by atoms with Gasteiger partial charge in [0, 0.05) is 28.4 Å². The molecule has 1 unspecified atom stereocenters. The van der Waals surface area contributed by atoms with Crippen LogP contribution in [0.3, 0.4) is 0 Å². The number of anilines is 1. The maximum absolute atomic E-state index is 11.9. The van der Waals surface area contributed by atoms with Gasteiger partial charge in [-0.25, -0.2) is 0 Å². The maximum Gasteiger partial charge on any atom is 0.227 e. The molecule has 1 heterocycles. The van der Waals surface area contributed by atoms with E-state index in [1.807, 2.05) is 25.1 Å². The second-order valence-electron chi connectivity index (χ2n) is 4.26. The number of rotatable bonds is 2. The summed E-state index contributed by atoms with van der Waals surface area (Å²) in [7, 11) is 0. The fourth-order valence-corrected chi connectivity index (χ4v) is 2.80. The zero-order valence-electron chi connectivity index (χ0n) is 9.54. The van der Waals surface area contributed by atoms with Crippen LogP contribution in [0.15, 0.2) is 29.3 Å². The second-order valence-corrected chi connectivity index (χ2v) is 5.52. The molecule has 0 saturated carbocycles. The minimum Gasteiger partial charge on any atom is -0.311 e. The van der Waals surface area contributed by atoms with Crippen LogP contribution in [0.4, 0.5) is 5.69 Å². The van der Waals surface area contributed by atoms with Crippen LogP contribution in [0.25, 0.3) is 0 Å². The third kappa shape index (κ3) is 2.40. The molecule has 17 heavy (non-hydrogen) atoms. The Labute approximate surface area is 114 Å². The molecule has 0 aromatic heterocycles. The van der Waals surface area contributed by atoms with E-state index in [-0.39, 0.29) is 11.8 Å². The van der Waals surface area contributed by atoms with E-state index in [0.29, 0.717) is 18.0 Å². The van der Waals surface area contributed by atoms with Crippen LogP contribution in [0.1, 0.15) is 12.0 Å². The molecule has 4 heteroatoms. The Balaban J connectivity index is 2.38. The standard InChI is InChI=1S/C13H13BrClNO/c1-3-9-5-13(17)16(7-9)12-6-11(15)8(2)4-10(12)14/h3-4,6,9H,1,5,7H2,2H3. The maximum atomic E-state index is 11.9. The number of aryl methyl sites for hydroxylation is 1. The molecule has 0 radical (unpaired) electrons. The van der Waals surface area contributed by atoms with Crippen molar-refractivity contribution in [3.8, 4) is 0 Å². The number of benzene rings is 1. The summed E-state index contributed by atoms with van der Waals surface area (Å²) < 4.78 is 0.900. The Kier molecular flexibility index (Phi) is 3.59. The molecule has 1 aliphatic heterocycles. The fourth-order valence-electron chi connectivity index (χ4n) is 1.97. The first-order valence-electron chi connectivity index (χ1n) is 5.41. The Hall–Kier alpha value is -0.800. The van der Waals surface area contributed by atoms with Crippen molar-refractivity contribution in [1.29, 1.82) is 0 Å². The van der Waals surface area contributed by atoms with Gasteiger partial charge in [-0.15, -0.1) is 6.58 Å². The number of halogens is 2. The summed E-state index contributed by atoms with van der Waals surface area (Å²) >= 11 is 9.59. The summed E-state index contributed by atoms with van der Waals surface area (Å²) in [4.78, 5) is 13.7. The number of carbonyl (C=O) groups is 1. The molecule has 1 aromatic rings. The van der Waals surface area contributed by atoms with Crippen LogP contribution in [0, 0.1) is 12.8 Å². The molecule has 1 atom stereocenters. The lowest BCUT2D eigenvalue weighted by molar-refractivity contribution is -0.117. The molecule has 1 saturated heterocycles. The average Bonchev–Trinajstić information content (AvgIpc) is 2.65. The number of carbonyl (C=O) groups excluding carboxylic acids is 1. The molecule has 0 N–H and O–H groups in total. The lowest BCUT2D eigenvalue weighted by atomic mass is 10.1. The molecule has 0 bridgehead atoms. The molecule has 2 rings (SSSR count). The van der Waals surface area contributed by atoms with Gasteiger partial charge in [0.15, 0.2) is 0 Å². The first-order chi connectivity index (χ1) is 8.02. The van der Waals surface area contributed by atoms with Crippen LogP contribution >= 0.6 is 27.5 Å². The molecule has 0 spiro atoms. The van der Waals surface area contributed by atoms with Crippen LogP contribution in [-0.2, 0) is 4.79 Å². The fraction of sp³-hybridized carbons (Fsp3) is 0.308. The largest absolute Gasteiger partial charge is 0.311 e. The van der Waals surface area contributed by atoms with E-state index < -0.39 is 0 Å². The first-order valence-corrected chi connectivity index (χ1v) is 6.58. The van der Waals surface area contributed by atoms with Crippen molar-refractivity contribution < 1.29 is 4.79 Å². The molecule has 0 aliphatic carbocycles. The predicted octanol–water partition coefficient (Wildman–Crippen LogP) is 3.95. The highest BCUT2D eigenvalue weighted by Crippen LogP contribution is 2.35. The van der Waals surface area contributed by atoms with Crippen molar-refractivity contribution in [2.24, 2.45) is 5.92 Å². The molecular weight excluding hydrogens is 302 g/mol. The van der Waals surface area contributed by atoms with Gasteiger partial charge >= 0.3 is 0 Å². The first kappa shape index (κ1) is 12.7. The minimum atomic E-state index is 0.121. The number of hydrogen-bond acceptors (Lipinski definition) is 1. The normalized spacial score (nSPS) is 19.8. The summed E-state index contributed by atoms with van der Waals surface area (Å²) in [6, 6.07) is 3.77. The molecule has 1 amide bonds. The smallest absolute Gasteiger partial charge is 0.227 e.